The molecular formula is C16H20BrFO4. The van der Waals surface area contributed by atoms with Gasteiger partial charge in [-0.05, 0) is 43.9 Å². The van der Waals surface area contributed by atoms with Gasteiger partial charge in [-0.1, -0.05) is 15.9 Å². The Bertz CT molecular complexity index is 529. The van der Waals surface area contributed by atoms with Crippen molar-refractivity contribution in [1.82, 2.24) is 0 Å². The summed E-state index contributed by atoms with van der Waals surface area (Å²) in [6, 6.07) is 3.18. The summed E-state index contributed by atoms with van der Waals surface area (Å²) >= 11 is 3.27. The van der Waals surface area contributed by atoms with E-state index in [-0.39, 0.29) is 18.5 Å². The van der Waals surface area contributed by atoms with E-state index in [4.69, 9.17) is 14.2 Å². The lowest BCUT2D eigenvalue weighted by Gasteiger charge is -2.24. The number of carbonyl (C=O) groups is 1. The predicted molar refractivity (Wildman–Crippen MR) is 83.8 cm³/mol. The fraction of sp³-hybridized carbons (Fsp3) is 0.562. The van der Waals surface area contributed by atoms with Crippen LogP contribution in [0.15, 0.2) is 12.1 Å². The van der Waals surface area contributed by atoms with E-state index in [0.717, 1.165) is 24.8 Å². The van der Waals surface area contributed by atoms with Crippen LogP contribution in [0.3, 0.4) is 0 Å². The van der Waals surface area contributed by atoms with Gasteiger partial charge in [0, 0.05) is 12.2 Å². The van der Waals surface area contributed by atoms with Crippen LogP contribution >= 0.6 is 15.9 Å². The summed E-state index contributed by atoms with van der Waals surface area (Å²) in [7, 11) is 1.38. The lowest BCUT2D eigenvalue weighted by Crippen LogP contribution is -2.15. The van der Waals surface area contributed by atoms with Crippen molar-refractivity contribution in [2.75, 3.05) is 20.3 Å². The van der Waals surface area contributed by atoms with E-state index in [1.807, 2.05) is 0 Å². The van der Waals surface area contributed by atoms with Gasteiger partial charge in [0.05, 0.1) is 19.8 Å². The first-order chi connectivity index (χ1) is 10.6. The number of halogens is 2. The number of alkyl halides is 1. The first-order valence-corrected chi connectivity index (χ1v) is 8.29. The Morgan fingerprint density at radius 1 is 1.50 bits per heavy atom. The standard InChI is InChI=1S/C16H20BrFO4/c1-3-21-16(19)14(17)11-8-10(9-12(18)15(11)20-2)13-6-4-5-7-22-13/h8-9,13-14H,3-7H2,1-2H3. The minimum absolute atomic E-state index is 0.0505. The number of benzene rings is 1. The van der Waals surface area contributed by atoms with Gasteiger partial charge in [0.25, 0.3) is 0 Å². The highest BCUT2D eigenvalue weighted by Gasteiger charge is 2.27. The third-order valence-corrected chi connectivity index (χ3v) is 4.48. The summed E-state index contributed by atoms with van der Waals surface area (Å²) in [5.74, 6) is -0.922. The molecule has 0 aliphatic carbocycles. The van der Waals surface area contributed by atoms with Crippen LogP contribution in [-0.4, -0.2) is 26.3 Å². The van der Waals surface area contributed by atoms with Crippen molar-refractivity contribution in [2.45, 2.75) is 37.1 Å². The Morgan fingerprint density at radius 3 is 2.86 bits per heavy atom. The molecule has 0 saturated carbocycles. The van der Waals surface area contributed by atoms with E-state index < -0.39 is 16.6 Å². The Balaban J connectivity index is 2.37. The van der Waals surface area contributed by atoms with Crippen molar-refractivity contribution >= 4 is 21.9 Å². The van der Waals surface area contributed by atoms with Crippen LogP contribution in [-0.2, 0) is 14.3 Å². The van der Waals surface area contributed by atoms with Gasteiger partial charge in [-0.3, -0.25) is 4.79 Å². The molecule has 2 rings (SSSR count). The minimum Gasteiger partial charge on any atom is -0.493 e. The number of carbonyl (C=O) groups excluding carboxylic acids is 1. The summed E-state index contributed by atoms with van der Waals surface area (Å²) in [6.45, 7) is 2.65. The molecule has 1 fully saturated rings. The molecule has 122 valence electrons. The minimum atomic E-state index is -0.777. The Hall–Kier alpha value is -1.14. The summed E-state index contributed by atoms with van der Waals surface area (Å²) in [5.41, 5.74) is 1.15. The molecule has 0 spiro atoms. The van der Waals surface area contributed by atoms with Crippen LogP contribution in [0.25, 0.3) is 0 Å². The molecule has 1 saturated heterocycles. The normalized spacial score (nSPS) is 19.5. The molecule has 1 aliphatic heterocycles. The first-order valence-electron chi connectivity index (χ1n) is 7.38. The molecule has 22 heavy (non-hydrogen) atoms. The second-order valence-electron chi connectivity index (χ2n) is 5.10. The second kappa shape index (κ2) is 7.92. The molecule has 1 aromatic rings. The SMILES string of the molecule is CCOC(=O)C(Br)c1cc(C2CCCCO2)cc(F)c1OC. The van der Waals surface area contributed by atoms with Crippen molar-refractivity contribution in [3.8, 4) is 5.75 Å². The quantitative estimate of drug-likeness (QED) is 0.575. The van der Waals surface area contributed by atoms with E-state index in [2.05, 4.69) is 15.9 Å². The Morgan fingerprint density at radius 2 is 2.27 bits per heavy atom. The van der Waals surface area contributed by atoms with Crippen molar-refractivity contribution in [3.05, 3.63) is 29.1 Å². The van der Waals surface area contributed by atoms with Gasteiger partial charge in [-0.25, -0.2) is 4.39 Å². The highest BCUT2D eigenvalue weighted by Crippen LogP contribution is 2.38. The number of hydrogen-bond donors (Lipinski definition) is 0. The summed E-state index contributed by atoms with van der Waals surface area (Å²) < 4.78 is 30.1. The van der Waals surface area contributed by atoms with Gasteiger partial charge in [-0.15, -0.1) is 0 Å². The van der Waals surface area contributed by atoms with Crippen LogP contribution < -0.4 is 4.74 Å². The van der Waals surface area contributed by atoms with E-state index in [1.165, 1.54) is 13.2 Å². The zero-order chi connectivity index (χ0) is 16.1. The summed E-state index contributed by atoms with van der Waals surface area (Å²) in [4.78, 5) is 11.2. The molecule has 0 aromatic heterocycles. The van der Waals surface area contributed by atoms with Crippen molar-refractivity contribution in [2.24, 2.45) is 0 Å². The zero-order valence-electron chi connectivity index (χ0n) is 12.7. The molecule has 0 radical (unpaired) electrons. The van der Waals surface area contributed by atoms with Gasteiger partial charge in [0.1, 0.15) is 4.83 Å². The van der Waals surface area contributed by atoms with Crippen molar-refractivity contribution in [1.29, 1.82) is 0 Å². The number of ether oxygens (including phenoxy) is 3. The number of rotatable bonds is 5. The molecule has 2 unspecified atom stereocenters. The molecular weight excluding hydrogens is 355 g/mol. The number of methoxy groups -OCH3 is 1. The summed E-state index contributed by atoms with van der Waals surface area (Å²) in [6.07, 6.45) is 2.77. The highest BCUT2D eigenvalue weighted by atomic mass is 79.9. The van der Waals surface area contributed by atoms with Crippen LogP contribution in [0.5, 0.6) is 5.75 Å². The third kappa shape index (κ3) is 3.79. The smallest absolute Gasteiger partial charge is 0.324 e. The van der Waals surface area contributed by atoms with Crippen molar-refractivity contribution in [3.63, 3.8) is 0 Å². The molecule has 4 nitrogen and oxygen atoms in total. The van der Waals surface area contributed by atoms with Crippen LogP contribution in [0.2, 0.25) is 0 Å². The molecule has 1 heterocycles. The first kappa shape index (κ1) is 17.2. The molecule has 2 atom stereocenters. The van der Waals surface area contributed by atoms with Gasteiger partial charge in [0.15, 0.2) is 11.6 Å². The van der Waals surface area contributed by atoms with Gasteiger partial charge in [-0.2, -0.15) is 0 Å². The summed E-state index contributed by atoms with van der Waals surface area (Å²) in [5, 5.41) is 0. The third-order valence-electron chi connectivity index (χ3n) is 3.62. The van der Waals surface area contributed by atoms with Crippen LogP contribution in [0.4, 0.5) is 4.39 Å². The lowest BCUT2D eigenvalue weighted by molar-refractivity contribution is -0.142. The molecule has 0 bridgehead atoms. The second-order valence-corrected chi connectivity index (χ2v) is 6.01. The molecule has 0 amide bonds. The molecule has 1 aromatic carbocycles. The van der Waals surface area contributed by atoms with Crippen LogP contribution in [0, 0.1) is 5.82 Å². The van der Waals surface area contributed by atoms with Gasteiger partial charge >= 0.3 is 5.97 Å². The predicted octanol–water partition coefficient (Wildman–Crippen LogP) is 4.08. The van der Waals surface area contributed by atoms with E-state index in [0.29, 0.717) is 12.2 Å². The molecule has 0 N–H and O–H groups in total. The zero-order valence-corrected chi connectivity index (χ0v) is 14.3. The number of hydrogen-bond acceptors (Lipinski definition) is 4. The fourth-order valence-corrected chi connectivity index (χ4v) is 3.04. The van der Waals surface area contributed by atoms with E-state index in [9.17, 15) is 9.18 Å². The topological polar surface area (TPSA) is 44.8 Å². The van der Waals surface area contributed by atoms with Crippen molar-refractivity contribution < 1.29 is 23.4 Å². The average Bonchev–Trinajstić information content (AvgIpc) is 2.54. The fourth-order valence-electron chi connectivity index (χ4n) is 2.57. The van der Waals surface area contributed by atoms with E-state index in [1.54, 1.807) is 13.0 Å². The molecule has 6 heteroatoms. The average molecular weight is 375 g/mol. The van der Waals surface area contributed by atoms with Crippen LogP contribution in [0.1, 0.15) is 48.2 Å². The number of esters is 1. The van der Waals surface area contributed by atoms with Gasteiger partial charge in [0.2, 0.25) is 0 Å². The molecule has 1 aliphatic rings. The largest absolute Gasteiger partial charge is 0.493 e. The monoisotopic (exact) mass is 374 g/mol. The maximum atomic E-state index is 14.3. The Kier molecular flexibility index (Phi) is 6.20. The highest BCUT2D eigenvalue weighted by molar-refractivity contribution is 9.09. The van der Waals surface area contributed by atoms with E-state index >= 15 is 0 Å². The maximum absolute atomic E-state index is 14.3. The lowest BCUT2D eigenvalue weighted by atomic mass is 9.97. The maximum Gasteiger partial charge on any atom is 0.324 e. The Labute approximate surface area is 138 Å². The van der Waals surface area contributed by atoms with Gasteiger partial charge < -0.3 is 14.2 Å².